The van der Waals surface area contributed by atoms with Gasteiger partial charge in [0.25, 0.3) is 5.91 Å². The molecule has 18 heavy (non-hydrogen) atoms. The van der Waals surface area contributed by atoms with Crippen LogP contribution in [0.2, 0.25) is 0 Å². The van der Waals surface area contributed by atoms with E-state index in [1.54, 1.807) is 0 Å². The third-order valence-corrected chi connectivity index (χ3v) is 2.81. The Morgan fingerprint density at radius 2 is 2.28 bits per heavy atom. The van der Waals surface area contributed by atoms with E-state index in [0.717, 1.165) is 0 Å². The molecule has 0 unspecified atom stereocenters. The number of benzene rings is 1. The van der Waals surface area contributed by atoms with Crippen LogP contribution in [-0.2, 0) is 0 Å². The molecule has 0 aliphatic carbocycles. The van der Waals surface area contributed by atoms with Crippen molar-refractivity contribution in [1.29, 1.82) is 0 Å². The summed E-state index contributed by atoms with van der Waals surface area (Å²) in [6.45, 7) is 0.393. The molecule has 5 nitrogen and oxygen atoms in total. The summed E-state index contributed by atoms with van der Waals surface area (Å²) >= 11 is 3.01. The number of amidine groups is 1. The van der Waals surface area contributed by atoms with Crippen LogP contribution in [0.1, 0.15) is 23.2 Å². The molecule has 0 aromatic heterocycles. The normalized spacial score (nSPS) is 11.3. The number of nitrogens with one attached hydrogen (secondary N) is 1. The van der Waals surface area contributed by atoms with Crippen LogP contribution >= 0.6 is 15.9 Å². The van der Waals surface area contributed by atoms with Crippen molar-refractivity contribution in [2.45, 2.75) is 12.8 Å². The monoisotopic (exact) mass is 317 g/mol. The average molecular weight is 318 g/mol. The van der Waals surface area contributed by atoms with Gasteiger partial charge in [-0.15, -0.1) is 0 Å². The molecule has 0 fully saturated rings. The summed E-state index contributed by atoms with van der Waals surface area (Å²) in [5.41, 5.74) is 5.64. The molecule has 7 heteroatoms. The Morgan fingerprint density at radius 3 is 2.89 bits per heavy atom. The Labute approximate surface area is 112 Å². The largest absolute Gasteiger partial charge is 0.409 e. The van der Waals surface area contributed by atoms with Gasteiger partial charge in [-0.3, -0.25) is 4.79 Å². The van der Waals surface area contributed by atoms with Crippen molar-refractivity contribution in [2.24, 2.45) is 10.9 Å². The second-order valence-electron chi connectivity index (χ2n) is 3.58. The van der Waals surface area contributed by atoms with Crippen molar-refractivity contribution >= 4 is 27.7 Å². The number of hydrogen-bond acceptors (Lipinski definition) is 3. The summed E-state index contributed by atoms with van der Waals surface area (Å²) in [6, 6.07) is 4.03. The number of amides is 1. The van der Waals surface area contributed by atoms with Crippen LogP contribution in [0.3, 0.4) is 0 Å². The average Bonchev–Trinajstić information content (AvgIpc) is 2.37. The Bertz CT molecular complexity index is 466. The van der Waals surface area contributed by atoms with Gasteiger partial charge in [-0.05, 0) is 40.5 Å². The van der Waals surface area contributed by atoms with Gasteiger partial charge in [0.1, 0.15) is 11.7 Å². The highest BCUT2D eigenvalue weighted by atomic mass is 79.9. The SMILES string of the molecule is N/C(CCCNC(=O)c1ccc(F)c(Br)c1)=N/O. The summed E-state index contributed by atoms with van der Waals surface area (Å²) < 4.78 is 13.2. The maximum atomic E-state index is 13.0. The standard InChI is InChI=1S/C11H13BrFN3O2/c12-8-6-7(3-4-9(8)13)11(17)15-5-1-2-10(14)16-18/h3-4,6,18H,1-2,5H2,(H2,14,16)(H,15,17). The quantitative estimate of drug-likeness (QED) is 0.254. The van der Waals surface area contributed by atoms with Gasteiger partial charge in [-0.25, -0.2) is 4.39 Å². The van der Waals surface area contributed by atoms with Gasteiger partial charge >= 0.3 is 0 Å². The molecule has 0 aliphatic heterocycles. The van der Waals surface area contributed by atoms with Gasteiger partial charge < -0.3 is 16.3 Å². The molecule has 0 aliphatic rings. The summed E-state index contributed by atoms with van der Waals surface area (Å²) in [4.78, 5) is 11.7. The third kappa shape index (κ3) is 4.33. The lowest BCUT2D eigenvalue weighted by atomic mass is 10.2. The molecule has 0 bridgehead atoms. The van der Waals surface area contributed by atoms with Gasteiger partial charge in [0.2, 0.25) is 0 Å². The molecule has 98 valence electrons. The molecule has 0 radical (unpaired) electrons. The first-order chi connectivity index (χ1) is 8.54. The smallest absolute Gasteiger partial charge is 0.251 e. The molecule has 0 saturated carbocycles. The van der Waals surface area contributed by atoms with Gasteiger partial charge in [-0.1, -0.05) is 5.16 Å². The molecule has 1 amide bonds. The van der Waals surface area contributed by atoms with Crippen LogP contribution in [0.25, 0.3) is 0 Å². The molecule has 4 N–H and O–H groups in total. The van der Waals surface area contributed by atoms with Crippen LogP contribution in [0.5, 0.6) is 0 Å². The number of halogens is 2. The van der Waals surface area contributed by atoms with Gasteiger partial charge in [0.15, 0.2) is 0 Å². The molecule has 1 aromatic rings. The lowest BCUT2D eigenvalue weighted by Gasteiger charge is -2.05. The van der Waals surface area contributed by atoms with Crippen molar-refractivity contribution in [3.05, 3.63) is 34.1 Å². The number of hydrogen-bond donors (Lipinski definition) is 3. The Morgan fingerprint density at radius 1 is 1.56 bits per heavy atom. The number of carbonyl (C=O) groups is 1. The number of oxime groups is 1. The molecular formula is C11H13BrFN3O2. The number of nitrogens with zero attached hydrogens (tertiary/aromatic N) is 1. The maximum absolute atomic E-state index is 13.0. The van der Waals surface area contributed by atoms with Crippen LogP contribution in [-0.4, -0.2) is 23.5 Å². The van der Waals surface area contributed by atoms with E-state index in [-0.39, 0.29) is 16.2 Å². The van der Waals surface area contributed by atoms with E-state index < -0.39 is 5.82 Å². The molecular weight excluding hydrogens is 305 g/mol. The second-order valence-corrected chi connectivity index (χ2v) is 4.43. The zero-order chi connectivity index (χ0) is 13.5. The molecule has 0 heterocycles. The predicted molar refractivity (Wildman–Crippen MR) is 69.1 cm³/mol. The summed E-state index contributed by atoms with van der Waals surface area (Å²) in [5, 5.41) is 13.8. The summed E-state index contributed by atoms with van der Waals surface area (Å²) in [5.74, 6) is -0.595. The van der Waals surface area contributed by atoms with Gasteiger partial charge in [-0.2, -0.15) is 0 Å². The van der Waals surface area contributed by atoms with E-state index in [1.807, 2.05) is 0 Å². The van der Waals surface area contributed by atoms with Crippen molar-refractivity contribution in [3.8, 4) is 0 Å². The zero-order valence-electron chi connectivity index (χ0n) is 9.49. The number of nitrogens with two attached hydrogens (primary N) is 1. The number of rotatable bonds is 5. The van der Waals surface area contributed by atoms with E-state index in [0.29, 0.717) is 24.9 Å². The van der Waals surface area contributed by atoms with Gasteiger partial charge in [0.05, 0.1) is 4.47 Å². The highest BCUT2D eigenvalue weighted by Crippen LogP contribution is 2.16. The van der Waals surface area contributed by atoms with Crippen molar-refractivity contribution < 1.29 is 14.4 Å². The molecule has 0 saturated heterocycles. The first-order valence-electron chi connectivity index (χ1n) is 5.24. The van der Waals surface area contributed by atoms with E-state index in [4.69, 9.17) is 10.9 Å². The topological polar surface area (TPSA) is 87.7 Å². The second kappa shape index (κ2) is 6.95. The molecule has 1 rings (SSSR count). The summed E-state index contributed by atoms with van der Waals surface area (Å²) in [7, 11) is 0. The minimum atomic E-state index is -0.418. The van der Waals surface area contributed by atoms with Crippen molar-refractivity contribution in [1.82, 2.24) is 5.32 Å². The van der Waals surface area contributed by atoms with E-state index in [1.165, 1.54) is 18.2 Å². The first-order valence-corrected chi connectivity index (χ1v) is 6.03. The van der Waals surface area contributed by atoms with E-state index in [9.17, 15) is 9.18 Å². The fourth-order valence-corrected chi connectivity index (χ4v) is 1.64. The molecule has 1 aromatic carbocycles. The van der Waals surface area contributed by atoms with Crippen LogP contribution in [0.15, 0.2) is 27.8 Å². The highest BCUT2D eigenvalue weighted by Gasteiger charge is 2.07. The van der Waals surface area contributed by atoms with Crippen LogP contribution in [0, 0.1) is 5.82 Å². The van der Waals surface area contributed by atoms with Crippen molar-refractivity contribution in [3.63, 3.8) is 0 Å². The zero-order valence-corrected chi connectivity index (χ0v) is 11.1. The molecule has 0 atom stereocenters. The minimum Gasteiger partial charge on any atom is -0.409 e. The Kier molecular flexibility index (Phi) is 5.57. The first kappa shape index (κ1) is 14.4. The van der Waals surface area contributed by atoms with Crippen LogP contribution < -0.4 is 11.1 Å². The van der Waals surface area contributed by atoms with Crippen LogP contribution in [0.4, 0.5) is 4.39 Å². The minimum absolute atomic E-state index is 0.119. The fourth-order valence-electron chi connectivity index (χ4n) is 1.26. The summed E-state index contributed by atoms with van der Waals surface area (Å²) in [6.07, 6.45) is 0.952. The van der Waals surface area contributed by atoms with Gasteiger partial charge in [0, 0.05) is 18.5 Å². The molecule has 0 spiro atoms. The fraction of sp³-hybridized carbons (Fsp3) is 0.273. The Balaban J connectivity index is 2.43. The van der Waals surface area contributed by atoms with E-state index >= 15 is 0 Å². The third-order valence-electron chi connectivity index (χ3n) is 2.21. The number of carbonyl (C=O) groups excluding carboxylic acids is 1. The predicted octanol–water partition coefficient (Wildman–Crippen LogP) is 1.84. The Hall–Kier alpha value is -1.63. The lowest BCUT2D eigenvalue weighted by molar-refractivity contribution is 0.0953. The maximum Gasteiger partial charge on any atom is 0.251 e. The van der Waals surface area contributed by atoms with Crippen molar-refractivity contribution in [2.75, 3.05) is 6.54 Å². The lowest BCUT2D eigenvalue weighted by Crippen LogP contribution is -2.25. The van der Waals surface area contributed by atoms with E-state index in [2.05, 4.69) is 26.4 Å². The highest BCUT2D eigenvalue weighted by molar-refractivity contribution is 9.10.